The maximum absolute atomic E-state index is 12.0. The largest absolute Gasteiger partial charge is 0.452 e. The summed E-state index contributed by atoms with van der Waals surface area (Å²) in [7, 11) is -3.57. The maximum atomic E-state index is 12.0. The molecule has 0 spiro atoms. The zero-order chi connectivity index (χ0) is 19.2. The Labute approximate surface area is 154 Å². The molecule has 26 heavy (non-hydrogen) atoms. The van der Waals surface area contributed by atoms with Crippen molar-refractivity contribution >= 4 is 21.9 Å². The molecule has 2 N–H and O–H groups in total. The Hall–Kier alpha value is -1.93. The number of amides is 1. The van der Waals surface area contributed by atoms with Gasteiger partial charge >= 0.3 is 5.97 Å². The standard InChI is InChI=1S/C18H26N2O5S/c1-3-19-26(23,24)15-10-8-14(9-11-15)18(22)25-12-17(21)20-16-7-5-4-6-13(16)2/h8-11,13,16,19H,3-7,12H2,1-2H3,(H,20,21)/t13-,16-/m0/s1. The van der Waals surface area contributed by atoms with Crippen molar-refractivity contribution in [1.82, 2.24) is 10.0 Å². The first-order valence-corrected chi connectivity index (χ1v) is 10.4. The molecule has 1 saturated carbocycles. The molecule has 0 aliphatic heterocycles. The van der Waals surface area contributed by atoms with Crippen molar-refractivity contribution in [2.75, 3.05) is 13.2 Å². The third kappa shape index (κ3) is 5.54. The van der Waals surface area contributed by atoms with Crippen LogP contribution in [-0.2, 0) is 19.6 Å². The summed E-state index contributed by atoms with van der Waals surface area (Å²) in [6.45, 7) is 3.72. The van der Waals surface area contributed by atoms with Crippen LogP contribution in [0.25, 0.3) is 0 Å². The van der Waals surface area contributed by atoms with Crippen molar-refractivity contribution < 1.29 is 22.7 Å². The predicted molar refractivity (Wildman–Crippen MR) is 97.1 cm³/mol. The molecule has 1 aliphatic rings. The van der Waals surface area contributed by atoms with Crippen LogP contribution in [0.3, 0.4) is 0 Å². The monoisotopic (exact) mass is 382 g/mol. The fourth-order valence-corrected chi connectivity index (χ4v) is 4.08. The van der Waals surface area contributed by atoms with Crippen LogP contribution < -0.4 is 10.0 Å². The lowest BCUT2D eigenvalue weighted by atomic mass is 9.86. The SMILES string of the molecule is CCNS(=O)(=O)c1ccc(C(=O)OCC(=O)N[C@H]2CCCC[C@@H]2C)cc1. The third-order valence-corrected chi connectivity index (χ3v) is 6.09. The number of ether oxygens (including phenoxy) is 1. The van der Waals surface area contributed by atoms with Gasteiger partial charge in [0.1, 0.15) is 0 Å². The van der Waals surface area contributed by atoms with E-state index in [9.17, 15) is 18.0 Å². The van der Waals surface area contributed by atoms with E-state index in [-0.39, 0.29) is 35.6 Å². The van der Waals surface area contributed by atoms with Crippen molar-refractivity contribution in [2.24, 2.45) is 5.92 Å². The van der Waals surface area contributed by atoms with Crippen LogP contribution in [0.5, 0.6) is 0 Å². The highest BCUT2D eigenvalue weighted by Gasteiger charge is 2.23. The topological polar surface area (TPSA) is 102 Å². The lowest BCUT2D eigenvalue weighted by molar-refractivity contribution is -0.125. The number of hydrogen-bond donors (Lipinski definition) is 2. The molecule has 1 amide bonds. The molecule has 0 radical (unpaired) electrons. The minimum atomic E-state index is -3.57. The third-order valence-electron chi connectivity index (χ3n) is 4.53. The highest BCUT2D eigenvalue weighted by molar-refractivity contribution is 7.89. The normalized spacial score (nSPS) is 20.4. The van der Waals surface area contributed by atoms with Crippen molar-refractivity contribution in [3.8, 4) is 0 Å². The quantitative estimate of drug-likeness (QED) is 0.701. The molecule has 0 heterocycles. The number of benzene rings is 1. The molecule has 144 valence electrons. The van der Waals surface area contributed by atoms with Gasteiger partial charge in [0.05, 0.1) is 10.5 Å². The number of carbonyl (C=O) groups excluding carboxylic acids is 2. The zero-order valence-electron chi connectivity index (χ0n) is 15.2. The highest BCUT2D eigenvalue weighted by atomic mass is 32.2. The van der Waals surface area contributed by atoms with Crippen molar-refractivity contribution in [3.63, 3.8) is 0 Å². The van der Waals surface area contributed by atoms with Gasteiger partial charge in [-0.3, -0.25) is 4.79 Å². The number of carbonyl (C=O) groups is 2. The van der Waals surface area contributed by atoms with Gasteiger partial charge in [-0.2, -0.15) is 0 Å². The summed E-state index contributed by atoms with van der Waals surface area (Å²) in [6, 6.07) is 5.53. The van der Waals surface area contributed by atoms with E-state index < -0.39 is 16.0 Å². The van der Waals surface area contributed by atoms with Crippen molar-refractivity contribution in [1.29, 1.82) is 0 Å². The average Bonchev–Trinajstić information content (AvgIpc) is 2.62. The molecule has 8 heteroatoms. The van der Waals surface area contributed by atoms with Gasteiger partial charge in [0.2, 0.25) is 10.0 Å². The lowest BCUT2D eigenvalue weighted by Gasteiger charge is -2.29. The molecule has 0 aromatic heterocycles. The summed E-state index contributed by atoms with van der Waals surface area (Å²) in [4.78, 5) is 24.1. The second-order valence-electron chi connectivity index (χ2n) is 6.54. The number of hydrogen-bond acceptors (Lipinski definition) is 5. The molecular weight excluding hydrogens is 356 g/mol. The Kier molecular flexibility index (Phi) is 7.16. The van der Waals surface area contributed by atoms with E-state index in [1.165, 1.54) is 30.7 Å². The van der Waals surface area contributed by atoms with Crippen LogP contribution >= 0.6 is 0 Å². The first-order chi connectivity index (χ1) is 12.3. The van der Waals surface area contributed by atoms with Gasteiger partial charge in [0.15, 0.2) is 6.61 Å². The van der Waals surface area contributed by atoms with Gasteiger partial charge in [-0.1, -0.05) is 26.7 Å². The molecule has 0 unspecified atom stereocenters. The summed E-state index contributed by atoms with van der Waals surface area (Å²) >= 11 is 0. The molecule has 7 nitrogen and oxygen atoms in total. The lowest BCUT2D eigenvalue weighted by Crippen LogP contribution is -2.42. The van der Waals surface area contributed by atoms with Crippen LogP contribution in [-0.4, -0.2) is 39.5 Å². The highest BCUT2D eigenvalue weighted by Crippen LogP contribution is 2.23. The Balaban J connectivity index is 1.86. The van der Waals surface area contributed by atoms with Crippen LogP contribution in [0.1, 0.15) is 49.9 Å². The number of esters is 1. The van der Waals surface area contributed by atoms with Gasteiger partial charge in [0, 0.05) is 12.6 Å². The summed E-state index contributed by atoms with van der Waals surface area (Å²) in [5.41, 5.74) is 0.194. The minimum Gasteiger partial charge on any atom is -0.452 e. The molecule has 0 saturated heterocycles. The first-order valence-electron chi connectivity index (χ1n) is 8.89. The first kappa shape index (κ1) is 20.4. The fourth-order valence-electron chi connectivity index (χ4n) is 3.04. The Morgan fingerprint density at radius 3 is 2.42 bits per heavy atom. The van der Waals surface area contributed by atoms with E-state index in [1.807, 2.05) is 0 Å². The number of sulfonamides is 1. The Bertz CT molecular complexity index is 730. The van der Waals surface area contributed by atoms with Crippen LogP contribution in [0, 0.1) is 5.92 Å². The Morgan fingerprint density at radius 1 is 1.15 bits per heavy atom. The van der Waals surface area contributed by atoms with Crippen LogP contribution in [0.4, 0.5) is 0 Å². The van der Waals surface area contributed by atoms with Crippen molar-refractivity contribution in [2.45, 2.75) is 50.5 Å². The van der Waals surface area contributed by atoms with Crippen LogP contribution in [0.2, 0.25) is 0 Å². The van der Waals surface area contributed by atoms with Crippen LogP contribution in [0.15, 0.2) is 29.2 Å². The number of rotatable bonds is 7. The van der Waals surface area contributed by atoms with E-state index in [4.69, 9.17) is 4.74 Å². The molecule has 2 atom stereocenters. The smallest absolute Gasteiger partial charge is 0.338 e. The molecule has 1 aromatic carbocycles. The van der Waals surface area contributed by atoms with E-state index in [0.29, 0.717) is 5.92 Å². The predicted octanol–water partition coefficient (Wildman–Crippen LogP) is 1.84. The van der Waals surface area contributed by atoms with Gasteiger partial charge in [-0.25, -0.2) is 17.9 Å². The summed E-state index contributed by atoms with van der Waals surface area (Å²) in [6.07, 6.45) is 4.31. The van der Waals surface area contributed by atoms with Gasteiger partial charge < -0.3 is 10.1 Å². The summed E-state index contributed by atoms with van der Waals surface area (Å²) in [5.74, 6) is -0.553. The minimum absolute atomic E-state index is 0.0694. The van der Waals surface area contributed by atoms with Gasteiger partial charge in [0.25, 0.3) is 5.91 Å². The summed E-state index contributed by atoms with van der Waals surface area (Å²) < 4.78 is 31.1. The van der Waals surface area contributed by atoms with E-state index in [1.54, 1.807) is 6.92 Å². The van der Waals surface area contributed by atoms with E-state index in [0.717, 1.165) is 19.3 Å². The Morgan fingerprint density at radius 2 is 1.81 bits per heavy atom. The fraction of sp³-hybridized carbons (Fsp3) is 0.556. The number of nitrogens with one attached hydrogen (secondary N) is 2. The molecule has 1 aromatic rings. The van der Waals surface area contributed by atoms with Gasteiger partial charge in [-0.05, 0) is 43.0 Å². The molecule has 2 rings (SSSR count). The second kappa shape index (κ2) is 9.14. The molecule has 1 fully saturated rings. The summed E-state index contributed by atoms with van der Waals surface area (Å²) in [5, 5.41) is 2.91. The van der Waals surface area contributed by atoms with Gasteiger partial charge in [-0.15, -0.1) is 0 Å². The molecular formula is C18H26N2O5S. The molecule has 0 bridgehead atoms. The maximum Gasteiger partial charge on any atom is 0.338 e. The average molecular weight is 382 g/mol. The van der Waals surface area contributed by atoms with E-state index in [2.05, 4.69) is 17.0 Å². The van der Waals surface area contributed by atoms with E-state index >= 15 is 0 Å². The molecule has 1 aliphatic carbocycles. The zero-order valence-corrected chi connectivity index (χ0v) is 16.0. The van der Waals surface area contributed by atoms with Crippen molar-refractivity contribution in [3.05, 3.63) is 29.8 Å². The second-order valence-corrected chi connectivity index (χ2v) is 8.30.